The van der Waals surface area contributed by atoms with Crippen molar-refractivity contribution in [2.24, 2.45) is 0 Å². The second kappa shape index (κ2) is 12.4. The van der Waals surface area contributed by atoms with Gasteiger partial charge in [0.25, 0.3) is 5.91 Å². The molecular formula is C26H29N3O3. The molecule has 0 fully saturated rings. The lowest BCUT2D eigenvalue weighted by atomic mass is 10.1. The van der Waals surface area contributed by atoms with Gasteiger partial charge in [-0.3, -0.25) is 14.6 Å². The fourth-order valence-corrected chi connectivity index (χ4v) is 3.17. The number of benzene rings is 2. The predicted molar refractivity (Wildman–Crippen MR) is 124 cm³/mol. The SMILES string of the molecule is CCc1ccc(C(=O)N[C@H](COCc2ccccc2)C(=O)NCCc2ccccn2)cc1. The minimum absolute atomic E-state index is 0.0725. The number of pyridine rings is 1. The van der Waals surface area contributed by atoms with Gasteiger partial charge in [-0.25, -0.2) is 0 Å². The maximum Gasteiger partial charge on any atom is 0.251 e. The minimum Gasteiger partial charge on any atom is -0.374 e. The molecule has 3 rings (SSSR count). The highest BCUT2D eigenvalue weighted by molar-refractivity contribution is 5.97. The molecule has 32 heavy (non-hydrogen) atoms. The smallest absolute Gasteiger partial charge is 0.251 e. The van der Waals surface area contributed by atoms with Gasteiger partial charge in [-0.15, -0.1) is 0 Å². The van der Waals surface area contributed by atoms with Crippen molar-refractivity contribution in [2.75, 3.05) is 13.2 Å². The van der Waals surface area contributed by atoms with Gasteiger partial charge in [0.1, 0.15) is 6.04 Å². The zero-order valence-electron chi connectivity index (χ0n) is 18.3. The highest BCUT2D eigenvalue weighted by atomic mass is 16.5. The number of carbonyl (C=O) groups is 2. The summed E-state index contributed by atoms with van der Waals surface area (Å²) in [5, 5.41) is 5.70. The summed E-state index contributed by atoms with van der Waals surface area (Å²) in [4.78, 5) is 29.8. The molecule has 0 unspecified atom stereocenters. The Labute approximate surface area is 189 Å². The molecule has 6 heteroatoms. The van der Waals surface area contributed by atoms with Gasteiger partial charge in [-0.1, -0.05) is 55.5 Å². The van der Waals surface area contributed by atoms with Crippen LogP contribution < -0.4 is 10.6 Å². The van der Waals surface area contributed by atoms with Crippen LogP contribution in [-0.2, 0) is 29.0 Å². The summed E-state index contributed by atoms with van der Waals surface area (Å²) >= 11 is 0. The van der Waals surface area contributed by atoms with Crippen LogP contribution in [0, 0.1) is 0 Å². The number of nitrogens with one attached hydrogen (secondary N) is 2. The number of carbonyl (C=O) groups excluding carboxylic acids is 2. The molecule has 2 aromatic carbocycles. The van der Waals surface area contributed by atoms with Crippen LogP contribution >= 0.6 is 0 Å². The zero-order chi connectivity index (χ0) is 22.6. The molecule has 1 aromatic heterocycles. The van der Waals surface area contributed by atoms with Gasteiger partial charge >= 0.3 is 0 Å². The van der Waals surface area contributed by atoms with Crippen LogP contribution in [0.1, 0.15) is 34.1 Å². The Morgan fingerprint density at radius 1 is 0.938 bits per heavy atom. The van der Waals surface area contributed by atoms with E-state index in [0.29, 0.717) is 25.1 Å². The van der Waals surface area contributed by atoms with Crippen molar-refractivity contribution in [3.05, 3.63) is 101 Å². The lowest BCUT2D eigenvalue weighted by Gasteiger charge is -2.19. The van der Waals surface area contributed by atoms with E-state index in [1.807, 2.05) is 60.7 Å². The maximum atomic E-state index is 12.8. The molecule has 0 bridgehead atoms. The third-order valence-corrected chi connectivity index (χ3v) is 5.05. The molecule has 0 spiro atoms. The number of amides is 2. The molecular weight excluding hydrogens is 402 g/mol. The minimum atomic E-state index is -0.805. The van der Waals surface area contributed by atoms with Gasteiger partial charge in [-0.05, 0) is 41.8 Å². The number of nitrogens with zero attached hydrogens (tertiary/aromatic N) is 1. The van der Waals surface area contributed by atoms with Crippen molar-refractivity contribution in [1.82, 2.24) is 15.6 Å². The van der Waals surface area contributed by atoms with Gasteiger partial charge in [0.15, 0.2) is 0 Å². The van der Waals surface area contributed by atoms with E-state index < -0.39 is 6.04 Å². The summed E-state index contributed by atoms with van der Waals surface area (Å²) in [5.74, 6) is -0.589. The lowest BCUT2D eigenvalue weighted by Crippen LogP contribution is -2.49. The summed E-state index contributed by atoms with van der Waals surface area (Å²) in [5.41, 5.74) is 3.56. The van der Waals surface area contributed by atoms with E-state index in [4.69, 9.17) is 4.74 Å². The van der Waals surface area contributed by atoms with E-state index >= 15 is 0 Å². The fraction of sp³-hybridized carbons (Fsp3) is 0.269. The fourth-order valence-electron chi connectivity index (χ4n) is 3.17. The topological polar surface area (TPSA) is 80.3 Å². The van der Waals surface area contributed by atoms with Crippen LogP contribution in [0.4, 0.5) is 0 Å². The van der Waals surface area contributed by atoms with E-state index in [9.17, 15) is 9.59 Å². The Morgan fingerprint density at radius 2 is 1.69 bits per heavy atom. The predicted octanol–water partition coefficient (Wildman–Crippen LogP) is 3.32. The van der Waals surface area contributed by atoms with Gasteiger partial charge < -0.3 is 15.4 Å². The summed E-state index contributed by atoms with van der Waals surface area (Å²) in [6, 6.07) is 22.0. The van der Waals surface area contributed by atoms with Crippen molar-refractivity contribution in [3.8, 4) is 0 Å². The van der Waals surface area contributed by atoms with Crippen molar-refractivity contribution >= 4 is 11.8 Å². The number of hydrogen-bond acceptors (Lipinski definition) is 4. The Morgan fingerprint density at radius 3 is 2.38 bits per heavy atom. The Balaban J connectivity index is 1.59. The van der Waals surface area contributed by atoms with Crippen molar-refractivity contribution in [3.63, 3.8) is 0 Å². The van der Waals surface area contributed by atoms with Crippen molar-refractivity contribution < 1.29 is 14.3 Å². The van der Waals surface area contributed by atoms with Crippen LogP contribution in [0.3, 0.4) is 0 Å². The number of rotatable bonds is 11. The second-order valence-electron chi connectivity index (χ2n) is 7.44. The molecule has 3 aromatic rings. The summed E-state index contributed by atoms with van der Waals surface area (Å²) < 4.78 is 5.75. The molecule has 0 aliphatic carbocycles. The van der Waals surface area contributed by atoms with Gasteiger partial charge in [0, 0.05) is 30.4 Å². The molecule has 2 N–H and O–H groups in total. The van der Waals surface area contributed by atoms with Gasteiger partial charge in [-0.2, -0.15) is 0 Å². The summed E-state index contributed by atoms with van der Waals surface area (Å²) in [6.07, 6.45) is 3.23. The molecule has 2 amide bonds. The summed E-state index contributed by atoms with van der Waals surface area (Å²) in [7, 11) is 0. The standard InChI is InChI=1S/C26H29N3O3/c1-2-20-11-13-22(14-12-20)25(30)29-24(19-32-18-21-8-4-3-5-9-21)26(31)28-17-15-23-10-6-7-16-27-23/h3-14,16,24H,2,15,17-19H2,1H3,(H,28,31)(H,29,30)/t24-/m1/s1. The van der Waals surface area contributed by atoms with E-state index in [2.05, 4.69) is 22.5 Å². The third-order valence-electron chi connectivity index (χ3n) is 5.05. The Bertz CT molecular complexity index is 976. The van der Waals surface area contributed by atoms with Crippen LogP contribution in [0.5, 0.6) is 0 Å². The molecule has 0 radical (unpaired) electrons. The molecule has 0 saturated carbocycles. The first-order valence-electron chi connectivity index (χ1n) is 10.8. The molecule has 6 nitrogen and oxygen atoms in total. The van der Waals surface area contributed by atoms with Gasteiger partial charge in [0.2, 0.25) is 5.91 Å². The maximum absolute atomic E-state index is 12.8. The molecule has 0 aliphatic rings. The van der Waals surface area contributed by atoms with E-state index in [1.54, 1.807) is 18.3 Å². The lowest BCUT2D eigenvalue weighted by molar-refractivity contribution is -0.124. The average Bonchev–Trinajstić information content (AvgIpc) is 2.84. The molecule has 0 saturated heterocycles. The third kappa shape index (κ3) is 7.32. The highest BCUT2D eigenvalue weighted by Gasteiger charge is 2.21. The number of ether oxygens (including phenoxy) is 1. The highest BCUT2D eigenvalue weighted by Crippen LogP contribution is 2.06. The van der Waals surface area contributed by atoms with Crippen LogP contribution in [0.15, 0.2) is 79.0 Å². The quantitative estimate of drug-likeness (QED) is 0.488. The van der Waals surface area contributed by atoms with Crippen molar-refractivity contribution in [1.29, 1.82) is 0 Å². The van der Waals surface area contributed by atoms with Gasteiger partial charge in [0.05, 0.1) is 13.2 Å². The van der Waals surface area contributed by atoms with Crippen molar-refractivity contribution in [2.45, 2.75) is 32.4 Å². The number of aromatic nitrogens is 1. The van der Waals surface area contributed by atoms with Crippen LogP contribution in [0.2, 0.25) is 0 Å². The zero-order valence-corrected chi connectivity index (χ0v) is 18.3. The molecule has 1 atom stereocenters. The Hall–Kier alpha value is -3.51. The van der Waals surface area contributed by atoms with E-state index in [-0.39, 0.29) is 18.4 Å². The van der Waals surface area contributed by atoms with Crippen LogP contribution in [0.25, 0.3) is 0 Å². The first kappa shape index (κ1) is 23.2. The molecule has 0 aliphatic heterocycles. The van der Waals surface area contributed by atoms with Crippen LogP contribution in [-0.4, -0.2) is 36.0 Å². The van der Waals surface area contributed by atoms with E-state index in [0.717, 1.165) is 23.2 Å². The number of aryl methyl sites for hydroxylation is 1. The largest absolute Gasteiger partial charge is 0.374 e. The average molecular weight is 432 g/mol. The molecule has 166 valence electrons. The number of hydrogen-bond donors (Lipinski definition) is 2. The monoisotopic (exact) mass is 431 g/mol. The normalized spacial score (nSPS) is 11.5. The second-order valence-corrected chi connectivity index (χ2v) is 7.44. The first-order valence-corrected chi connectivity index (χ1v) is 10.8. The van der Waals surface area contributed by atoms with E-state index in [1.165, 1.54) is 0 Å². The first-order chi connectivity index (χ1) is 15.7. The molecule has 1 heterocycles. The summed E-state index contributed by atoms with van der Waals surface area (Å²) in [6.45, 7) is 2.92. The Kier molecular flexibility index (Phi) is 8.95.